The number of carbonyl (C=O) groups excluding carboxylic acids is 1. The Balaban J connectivity index is 1.48. The van der Waals surface area contributed by atoms with E-state index in [0.717, 1.165) is 0 Å². The second-order valence-electron chi connectivity index (χ2n) is 11.3. The number of carbonyl (C=O) groups is 2. The lowest BCUT2D eigenvalue weighted by molar-refractivity contribution is -0.158. The minimum Gasteiger partial charge on any atom is -0.481 e. The van der Waals surface area contributed by atoms with Gasteiger partial charge in [-0.3, -0.25) is 19.5 Å². The van der Waals surface area contributed by atoms with Crippen molar-refractivity contribution in [1.29, 1.82) is 0 Å². The van der Waals surface area contributed by atoms with E-state index < -0.39 is 41.4 Å². The number of ether oxygens (including phenoxy) is 1. The second kappa shape index (κ2) is 12.2. The summed E-state index contributed by atoms with van der Waals surface area (Å²) in [7, 11) is 0. The number of hydrogen-bond donors (Lipinski definition) is 2. The number of hydroxylamine groups is 2. The Kier molecular flexibility index (Phi) is 8.74. The number of aliphatic carboxylic acids is 1. The van der Waals surface area contributed by atoms with Gasteiger partial charge in [-0.15, -0.1) is 11.3 Å². The minimum atomic E-state index is -1.26. The number of alkyl halides is 1. The van der Waals surface area contributed by atoms with Crippen LogP contribution in [0.25, 0.3) is 0 Å². The predicted molar refractivity (Wildman–Crippen MR) is 152 cm³/mol. The molecule has 0 aliphatic carbocycles. The van der Waals surface area contributed by atoms with Gasteiger partial charge in [0.05, 0.1) is 36.3 Å². The summed E-state index contributed by atoms with van der Waals surface area (Å²) in [4.78, 5) is 42.0. The van der Waals surface area contributed by atoms with Crippen LogP contribution in [0.5, 0.6) is 0 Å². The van der Waals surface area contributed by atoms with Gasteiger partial charge < -0.3 is 15.2 Å². The normalized spacial score (nSPS) is 24.9. The van der Waals surface area contributed by atoms with Gasteiger partial charge in [-0.2, -0.15) is 5.06 Å². The Morgan fingerprint density at radius 1 is 1.33 bits per heavy atom. The number of nitrogens with zero attached hydrogens (tertiary/aromatic N) is 4. The van der Waals surface area contributed by atoms with Crippen molar-refractivity contribution in [2.75, 3.05) is 32.8 Å². The average Bonchev–Trinajstić information content (AvgIpc) is 3.69. The number of hydrogen-bond acceptors (Lipinski definition) is 10. The number of rotatable bonds is 10. The molecule has 42 heavy (non-hydrogen) atoms. The number of thiazole rings is 1. The lowest BCUT2D eigenvalue weighted by atomic mass is 9.89. The van der Waals surface area contributed by atoms with E-state index in [0.29, 0.717) is 34.1 Å². The summed E-state index contributed by atoms with van der Waals surface area (Å²) in [5.41, 5.74) is 0.600. The first-order chi connectivity index (χ1) is 20.0. The first kappa shape index (κ1) is 30.2. The van der Waals surface area contributed by atoms with Crippen LogP contribution in [0, 0.1) is 18.2 Å². The summed E-state index contributed by atoms with van der Waals surface area (Å²) in [6.45, 7) is 7.48. The number of amidine groups is 1. The molecule has 4 atom stereocenters. The number of carboxylic acids is 1. The summed E-state index contributed by atoms with van der Waals surface area (Å²) in [5, 5.41) is 16.7. The average molecular weight is 604 g/mol. The van der Waals surface area contributed by atoms with Crippen LogP contribution in [0.1, 0.15) is 49.4 Å². The fourth-order valence-corrected chi connectivity index (χ4v) is 6.21. The molecule has 2 fully saturated rings. The Labute approximate surface area is 247 Å². The molecule has 1 aromatic carbocycles. The van der Waals surface area contributed by atoms with Crippen LogP contribution in [0.2, 0.25) is 0 Å². The van der Waals surface area contributed by atoms with Crippen molar-refractivity contribution in [3.63, 3.8) is 0 Å². The van der Waals surface area contributed by atoms with Gasteiger partial charge in [0, 0.05) is 36.9 Å². The fourth-order valence-electron chi connectivity index (χ4n) is 5.62. The number of nitrogens with one attached hydrogen (secondary N) is 1. The molecule has 4 heterocycles. The molecule has 0 saturated carbocycles. The van der Waals surface area contributed by atoms with E-state index in [1.54, 1.807) is 56.5 Å². The SMILES string of the molecule is CCOC(=O)C1=C(CN2CC(F)C3C2CON3CCC(C)(C)C(=O)O)NC(c2nccs2)=N[C@H]1c1cccc(F)c1C. The lowest BCUT2D eigenvalue weighted by Crippen LogP contribution is -2.44. The van der Waals surface area contributed by atoms with Crippen molar-refractivity contribution in [2.45, 2.75) is 58.4 Å². The molecular weight excluding hydrogens is 568 g/mol. The van der Waals surface area contributed by atoms with Crippen LogP contribution in [0.3, 0.4) is 0 Å². The summed E-state index contributed by atoms with van der Waals surface area (Å²) in [6.07, 6.45) is 0.681. The third-order valence-electron chi connectivity index (χ3n) is 8.14. The van der Waals surface area contributed by atoms with Gasteiger partial charge in [0.25, 0.3) is 0 Å². The summed E-state index contributed by atoms with van der Waals surface area (Å²) in [6, 6.07) is 2.88. The van der Waals surface area contributed by atoms with Crippen LogP contribution < -0.4 is 5.32 Å². The maximum absolute atomic E-state index is 15.5. The Morgan fingerprint density at radius 2 is 2.12 bits per heavy atom. The first-order valence-corrected chi connectivity index (χ1v) is 14.8. The Bertz CT molecular complexity index is 1400. The predicted octanol–water partition coefficient (Wildman–Crippen LogP) is 3.64. The van der Waals surface area contributed by atoms with E-state index in [4.69, 9.17) is 14.6 Å². The quantitative estimate of drug-likeness (QED) is 0.393. The smallest absolute Gasteiger partial charge is 0.338 e. The molecule has 226 valence electrons. The molecule has 0 radical (unpaired) electrons. The highest BCUT2D eigenvalue weighted by Gasteiger charge is 2.51. The molecule has 3 aliphatic heterocycles. The topological polar surface area (TPSA) is 117 Å². The number of likely N-dealkylation sites (tertiary alicyclic amines) is 1. The number of carboxylic acid groups (broad SMARTS) is 1. The highest BCUT2D eigenvalue weighted by atomic mass is 32.1. The van der Waals surface area contributed by atoms with Gasteiger partial charge >= 0.3 is 11.9 Å². The van der Waals surface area contributed by atoms with E-state index in [1.807, 2.05) is 4.90 Å². The largest absolute Gasteiger partial charge is 0.481 e. The van der Waals surface area contributed by atoms with Crippen molar-refractivity contribution in [3.05, 3.63) is 63.0 Å². The molecule has 2 saturated heterocycles. The third-order valence-corrected chi connectivity index (χ3v) is 8.92. The Morgan fingerprint density at radius 3 is 2.81 bits per heavy atom. The van der Waals surface area contributed by atoms with E-state index in [9.17, 15) is 19.1 Å². The van der Waals surface area contributed by atoms with Crippen LogP contribution in [-0.2, 0) is 19.2 Å². The van der Waals surface area contributed by atoms with Gasteiger partial charge in [0.15, 0.2) is 10.8 Å². The number of aromatic nitrogens is 1. The number of esters is 1. The van der Waals surface area contributed by atoms with Gasteiger partial charge in [0.2, 0.25) is 0 Å². The molecular formula is C29H35F2N5O5S. The van der Waals surface area contributed by atoms with Gasteiger partial charge in [-0.05, 0) is 51.3 Å². The molecule has 5 rings (SSSR count). The van der Waals surface area contributed by atoms with E-state index >= 15 is 4.39 Å². The third kappa shape index (κ3) is 5.83. The highest BCUT2D eigenvalue weighted by molar-refractivity contribution is 7.11. The van der Waals surface area contributed by atoms with E-state index in [-0.39, 0.29) is 44.5 Å². The van der Waals surface area contributed by atoms with Crippen LogP contribution >= 0.6 is 11.3 Å². The van der Waals surface area contributed by atoms with Crippen molar-refractivity contribution < 1.29 is 33.1 Å². The molecule has 2 N–H and O–H groups in total. The zero-order valence-electron chi connectivity index (χ0n) is 24.0. The minimum absolute atomic E-state index is 0.0895. The molecule has 0 spiro atoms. The zero-order chi connectivity index (χ0) is 30.2. The number of benzene rings is 1. The molecule has 0 bridgehead atoms. The number of halogens is 2. The summed E-state index contributed by atoms with van der Waals surface area (Å²) in [5.74, 6) is -1.51. The van der Waals surface area contributed by atoms with Crippen molar-refractivity contribution in [2.24, 2.45) is 10.4 Å². The van der Waals surface area contributed by atoms with Gasteiger partial charge in [-0.25, -0.2) is 18.6 Å². The zero-order valence-corrected chi connectivity index (χ0v) is 24.8. The van der Waals surface area contributed by atoms with Crippen molar-refractivity contribution >= 4 is 29.1 Å². The maximum Gasteiger partial charge on any atom is 0.338 e. The number of fused-ring (bicyclic) bond motifs is 1. The van der Waals surface area contributed by atoms with E-state index in [1.165, 1.54) is 17.4 Å². The van der Waals surface area contributed by atoms with Crippen LogP contribution in [0.4, 0.5) is 8.78 Å². The monoisotopic (exact) mass is 603 g/mol. The summed E-state index contributed by atoms with van der Waals surface area (Å²) < 4.78 is 35.7. The number of aliphatic imine (C=N–C) groups is 1. The molecule has 3 unspecified atom stereocenters. The lowest BCUT2D eigenvalue weighted by Gasteiger charge is -2.31. The molecule has 10 nitrogen and oxygen atoms in total. The van der Waals surface area contributed by atoms with Gasteiger partial charge in [-0.1, -0.05) is 12.1 Å². The van der Waals surface area contributed by atoms with Gasteiger partial charge in [0.1, 0.15) is 18.0 Å². The molecule has 2 aromatic rings. The molecule has 13 heteroatoms. The Hall–Kier alpha value is -3.26. The van der Waals surface area contributed by atoms with E-state index in [2.05, 4.69) is 10.3 Å². The summed E-state index contributed by atoms with van der Waals surface area (Å²) >= 11 is 1.36. The molecule has 3 aliphatic rings. The molecule has 1 aromatic heterocycles. The van der Waals surface area contributed by atoms with Crippen LogP contribution in [0.15, 0.2) is 46.0 Å². The fraction of sp³-hybridized carbons (Fsp3) is 0.517. The second-order valence-corrected chi connectivity index (χ2v) is 12.2. The van der Waals surface area contributed by atoms with Crippen molar-refractivity contribution in [1.82, 2.24) is 20.3 Å². The maximum atomic E-state index is 15.5. The first-order valence-electron chi connectivity index (χ1n) is 13.9. The molecule has 0 amide bonds. The highest BCUT2D eigenvalue weighted by Crippen LogP contribution is 2.38. The van der Waals surface area contributed by atoms with Crippen LogP contribution in [-0.4, -0.2) is 88.9 Å². The standard InChI is InChI=1S/C29H35F2N5O5S/c1-5-40-27(37)22-20(14-35-13-19(31)24-21(35)15-41-36(24)11-9-29(3,4)28(38)39)33-25(26-32-10-12-42-26)34-23(22)17-7-6-8-18(30)16(17)2/h6-8,10,12,19,21,23-24H,5,9,11,13-15H2,1-4H3,(H,33,34)(H,38,39)/t19?,21?,23-,24?/m0/s1. The van der Waals surface area contributed by atoms with Crippen molar-refractivity contribution in [3.8, 4) is 0 Å².